The average molecular weight is 395 g/mol. The third-order valence-electron chi connectivity index (χ3n) is 5.59. The summed E-state index contributed by atoms with van der Waals surface area (Å²) < 4.78 is 10.8. The second kappa shape index (κ2) is 7.30. The molecule has 1 heterocycles. The molecule has 0 saturated carbocycles. The number of ketones is 1. The average Bonchev–Trinajstić information content (AvgIpc) is 3.10. The summed E-state index contributed by atoms with van der Waals surface area (Å²) in [5.41, 5.74) is 4.64. The molecule has 6 heteroatoms. The Labute approximate surface area is 169 Å². The van der Waals surface area contributed by atoms with Gasteiger partial charge in [-0.1, -0.05) is 26.0 Å². The van der Waals surface area contributed by atoms with Crippen molar-refractivity contribution in [3.05, 3.63) is 64.3 Å². The fourth-order valence-electron chi connectivity index (χ4n) is 4.05. The highest BCUT2D eigenvalue weighted by molar-refractivity contribution is 6.20. The number of aliphatic hydroxyl groups excluding tert-OH is 2. The summed E-state index contributed by atoms with van der Waals surface area (Å²) in [5, 5.41) is 19.4. The number of fused-ring (bicyclic) bond motifs is 4. The van der Waals surface area contributed by atoms with E-state index in [1.165, 1.54) is 0 Å². The van der Waals surface area contributed by atoms with E-state index in [1.54, 1.807) is 19.2 Å². The van der Waals surface area contributed by atoms with Gasteiger partial charge in [0, 0.05) is 34.7 Å². The van der Waals surface area contributed by atoms with Crippen LogP contribution in [-0.4, -0.2) is 47.4 Å². The van der Waals surface area contributed by atoms with Crippen LogP contribution >= 0.6 is 0 Å². The molecule has 0 fully saturated rings. The number of hydrogen-bond acceptors (Lipinski definition) is 5. The van der Waals surface area contributed by atoms with Gasteiger partial charge < -0.3 is 24.7 Å². The second-order valence-electron chi connectivity index (χ2n) is 8.00. The molecule has 0 bridgehead atoms. The first kappa shape index (κ1) is 19.6. The van der Waals surface area contributed by atoms with E-state index in [-0.39, 0.29) is 19.0 Å². The van der Waals surface area contributed by atoms with Crippen molar-refractivity contribution < 1.29 is 24.5 Å². The minimum atomic E-state index is -0.942. The number of rotatable bonds is 6. The monoisotopic (exact) mass is 395 g/mol. The summed E-state index contributed by atoms with van der Waals surface area (Å²) in [6.45, 7) is 4.30. The van der Waals surface area contributed by atoms with Crippen molar-refractivity contribution in [2.45, 2.75) is 32.0 Å². The molecule has 0 amide bonds. The Morgan fingerprint density at radius 3 is 2.69 bits per heavy atom. The highest BCUT2D eigenvalue weighted by Gasteiger charge is 2.39. The minimum Gasteiger partial charge on any atom is -0.491 e. The number of aromatic amines is 1. The van der Waals surface area contributed by atoms with Crippen molar-refractivity contribution in [2.24, 2.45) is 0 Å². The third-order valence-corrected chi connectivity index (χ3v) is 5.59. The maximum absolute atomic E-state index is 13.3. The quantitative estimate of drug-likeness (QED) is 0.597. The summed E-state index contributed by atoms with van der Waals surface area (Å²) in [5.74, 6) is 0.543. The summed E-state index contributed by atoms with van der Waals surface area (Å²) in [6.07, 6.45) is -0.942. The Morgan fingerprint density at radius 1 is 1.17 bits per heavy atom. The van der Waals surface area contributed by atoms with E-state index < -0.39 is 11.5 Å². The summed E-state index contributed by atoms with van der Waals surface area (Å²) >= 11 is 0. The molecule has 1 aliphatic rings. The van der Waals surface area contributed by atoms with Gasteiger partial charge in [-0.25, -0.2) is 0 Å². The lowest BCUT2D eigenvalue weighted by Crippen LogP contribution is -2.30. The van der Waals surface area contributed by atoms with E-state index in [0.717, 1.165) is 27.7 Å². The van der Waals surface area contributed by atoms with Gasteiger partial charge in [-0.05, 0) is 35.4 Å². The SMILES string of the molecule is COCc1ccc2c3c([nH]c2c1)C(C)(C)c1cc(OCC(O)CO)ccc1C3=O. The molecule has 0 radical (unpaired) electrons. The van der Waals surface area contributed by atoms with Gasteiger partial charge in [0.25, 0.3) is 0 Å². The maximum Gasteiger partial charge on any atom is 0.195 e. The van der Waals surface area contributed by atoms with Gasteiger partial charge in [0.15, 0.2) is 5.78 Å². The molecular formula is C23H25NO5. The molecule has 0 aliphatic heterocycles. The zero-order valence-corrected chi connectivity index (χ0v) is 16.8. The number of hydrogen-bond donors (Lipinski definition) is 3. The van der Waals surface area contributed by atoms with Crippen LogP contribution < -0.4 is 4.74 Å². The number of aromatic nitrogens is 1. The van der Waals surface area contributed by atoms with Crippen LogP contribution in [0.2, 0.25) is 0 Å². The fourth-order valence-corrected chi connectivity index (χ4v) is 4.05. The molecule has 1 aliphatic carbocycles. The van der Waals surface area contributed by atoms with Crippen LogP contribution in [0.5, 0.6) is 5.75 Å². The van der Waals surface area contributed by atoms with Crippen LogP contribution in [0.4, 0.5) is 0 Å². The number of benzene rings is 2. The van der Waals surface area contributed by atoms with Crippen molar-refractivity contribution in [1.29, 1.82) is 0 Å². The smallest absolute Gasteiger partial charge is 0.195 e. The molecule has 4 rings (SSSR count). The molecule has 1 unspecified atom stereocenters. The van der Waals surface area contributed by atoms with Gasteiger partial charge >= 0.3 is 0 Å². The Kier molecular flexibility index (Phi) is 4.94. The number of carbonyl (C=O) groups excluding carboxylic acids is 1. The van der Waals surface area contributed by atoms with E-state index >= 15 is 0 Å². The third kappa shape index (κ3) is 3.23. The van der Waals surface area contributed by atoms with Crippen molar-refractivity contribution in [2.75, 3.05) is 20.3 Å². The van der Waals surface area contributed by atoms with Gasteiger partial charge in [-0.15, -0.1) is 0 Å². The van der Waals surface area contributed by atoms with Crippen LogP contribution in [0.1, 0.15) is 46.6 Å². The molecule has 1 aromatic heterocycles. The minimum absolute atomic E-state index is 0.0103. The van der Waals surface area contributed by atoms with Gasteiger partial charge in [-0.2, -0.15) is 0 Å². The lowest BCUT2D eigenvalue weighted by atomic mass is 9.71. The Hall–Kier alpha value is -2.67. The molecule has 0 saturated heterocycles. The Morgan fingerprint density at radius 2 is 1.97 bits per heavy atom. The zero-order chi connectivity index (χ0) is 20.8. The van der Waals surface area contributed by atoms with Gasteiger partial charge in [0.1, 0.15) is 18.5 Å². The number of ether oxygens (including phenoxy) is 2. The molecular weight excluding hydrogens is 370 g/mol. The first-order valence-electron chi connectivity index (χ1n) is 9.61. The van der Waals surface area contributed by atoms with E-state index in [2.05, 4.69) is 18.8 Å². The van der Waals surface area contributed by atoms with Crippen LogP contribution in [0.3, 0.4) is 0 Å². The summed E-state index contributed by atoms with van der Waals surface area (Å²) in [4.78, 5) is 16.8. The predicted octanol–water partition coefficient (Wildman–Crippen LogP) is 2.92. The normalized spacial score (nSPS) is 15.8. The first-order valence-corrected chi connectivity index (χ1v) is 9.61. The van der Waals surface area contributed by atoms with E-state index in [9.17, 15) is 9.90 Å². The lowest BCUT2D eigenvalue weighted by Gasteiger charge is -2.32. The molecule has 1 atom stereocenters. The summed E-state index contributed by atoms with van der Waals surface area (Å²) in [7, 11) is 1.66. The Bertz CT molecular complexity index is 1080. The molecule has 0 spiro atoms. The molecule has 6 nitrogen and oxygen atoms in total. The fraction of sp³-hybridized carbons (Fsp3) is 0.348. The number of nitrogens with one attached hydrogen (secondary N) is 1. The second-order valence-corrected chi connectivity index (χ2v) is 8.00. The predicted molar refractivity (Wildman–Crippen MR) is 110 cm³/mol. The zero-order valence-electron chi connectivity index (χ0n) is 16.8. The van der Waals surface area contributed by atoms with Crippen molar-refractivity contribution >= 4 is 16.7 Å². The van der Waals surface area contributed by atoms with Gasteiger partial charge in [0.05, 0.1) is 18.8 Å². The standard InChI is InChI=1S/C23H25NO5/c1-23(2)18-9-15(29-12-14(26)10-25)5-7-16(18)21(27)20-17-6-4-13(11-28-3)8-19(17)24-22(20)23/h4-9,14,24-26H,10-12H2,1-3H3. The Balaban J connectivity index is 1.79. The maximum atomic E-state index is 13.3. The van der Waals surface area contributed by atoms with Crippen molar-refractivity contribution in [1.82, 2.24) is 4.98 Å². The number of H-pyrrole nitrogens is 1. The van der Waals surface area contributed by atoms with Crippen LogP contribution in [0.15, 0.2) is 36.4 Å². The van der Waals surface area contributed by atoms with E-state index in [0.29, 0.717) is 23.5 Å². The number of methoxy groups -OCH3 is 1. The largest absolute Gasteiger partial charge is 0.491 e. The highest BCUT2D eigenvalue weighted by atomic mass is 16.5. The molecule has 29 heavy (non-hydrogen) atoms. The first-order chi connectivity index (χ1) is 13.9. The van der Waals surface area contributed by atoms with Gasteiger partial charge in [0.2, 0.25) is 0 Å². The lowest BCUT2D eigenvalue weighted by molar-refractivity contribution is 0.0535. The van der Waals surface area contributed by atoms with Crippen LogP contribution in [-0.2, 0) is 16.8 Å². The molecule has 2 aromatic carbocycles. The van der Waals surface area contributed by atoms with Crippen LogP contribution in [0, 0.1) is 0 Å². The molecule has 3 N–H and O–H groups in total. The molecule has 3 aromatic rings. The van der Waals surface area contributed by atoms with Crippen molar-refractivity contribution in [3.8, 4) is 5.75 Å². The summed E-state index contributed by atoms with van der Waals surface area (Å²) in [6, 6.07) is 11.3. The van der Waals surface area contributed by atoms with Gasteiger partial charge in [-0.3, -0.25) is 4.79 Å². The molecule has 152 valence electrons. The highest BCUT2D eigenvalue weighted by Crippen LogP contribution is 2.44. The van der Waals surface area contributed by atoms with Crippen LogP contribution in [0.25, 0.3) is 10.9 Å². The number of carbonyl (C=O) groups is 1. The number of aliphatic hydroxyl groups is 2. The van der Waals surface area contributed by atoms with E-state index in [4.69, 9.17) is 14.6 Å². The van der Waals surface area contributed by atoms with Crippen molar-refractivity contribution in [3.63, 3.8) is 0 Å². The topological polar surface area (TPSA) is 91.8 Å². The van der Waals surface area contributed by atoms with E-state index in [1.807, 2.05) is 24.3 Å².